The number of rotatable bonds is 12. The Balaban J connectivity index is 0.651. The number of benzene rings is 3. The summed E-state index contributed by atoms with van der Waals surface area (Å²) in [5.41, 5.74) is 4.76. The monoisotopic (exact) mass is 1050 g/mol. The number of carbonyl (C=O) groups is 3. The maximum Gasteiger partial charge on any atom is 0.409 e. The SMILES string of the molecule is CCc1cccc2cc(O)cc(-c3cc4nc(OC[C@@]56CCCN5[C@H](COC(=O)N5CCC(CN7CCC(c8ccc9c(c8)n(C)c(=O)n9C8CCC(=O)NC8=O)CC7)CC5)CC6)nc(N5CCC[C@@](C)(O)C5)c4cn3)c12. The van der Waals surface area contributed by atoms with Crippen LogP contribution in [0.15, 0.2) is 65.6 Å². The maximum atomic E-state index is 13.6. The van der Waals surface area contributed by atoms with Gasteiger partial charge < -0.3 is 34.4 Å². The zero-order chi connectivity index (χ0) is 53.2. The van der Waals surface area contributed by atoms with Gasteiger partial charge in [-0.1, -0.05) is 31.2 Å². The fraction of sp³-hybridized carbons (Fsp3) is 0.542. The van der Waals surface area contributed by atoms with Crippen LogP contribution in [0.25, 0.3) is 44.0 Å². The van der Waals surface area contributed by atoms with Crippen LogP contribution in [0.1, 0.15) is 114 Å². The Kier molecular flexibility index (Phi) is 13.7. The summed E-state index contributed by atoms with van der Waals surface area (Å²) in [6.45, 7) is 11.2. The van der Waals surface area contributed by atoms with Crippen molar-refractivity contribution < 1.29 is 34.1 Å². The molecule has 1 unspecified atom stereocenters. The summed E-state index contributed by atoms with van der Waals surface area (Å²) in [7, 11) is 1.75. The number of aromatic nitrogens is 5. The molecule has 6 aliphatic heterocycles. The van der Waals surface area contributed by atoms with Crippen LogP contribution < -0.4 is 20.6 Å². The van der Waals surface area contributed by atoms with Gasteiger partial charge in [0.2, 0.25) is 11.8 Å². The number of carbonyl (C=O) groups excluding carboxylic acids is 3. The third-order valence-electron chi connectivity index (χ3n) is 18.2. The van der Waals surface area contributed by atoms with Crippen LogP contribution in [0.4, 0.5) is 10.6 Å². The molecule has 6 aromatic rings. The molecule has 0 bridgehead atoms. The first-order valence-electron chi connectivity index (χ1n) is 28.2. The molecule has 0 aliphatic carbocycles. The molecule has 406 valence electrons. The second kappa shape index (κ2) is 20.6. The number of amides is 3. The third-order valence-corrected chi connectivity index (χ3v) is 18.2. The quantitative estimate of drug-likeness (QED) is 0.104. The molecule has 3 N–H and O–H groups in total. The van der Waals surface area contributed by atoms with E-state index in [0.29, 0.717) is 80.1 Å². The number of aliphatic hydroxyl groups is 1. The number of β-amino-alcohol motifs (C(OH)–C–C–N with tert-alkyl or cyclic N) is 1. The highest BCUT2D eigenvalue weighted by Crippen LogP contribution is 2.44. The first-order chi connectivity index (χ1) is 37.2. The Bertz CT molecular complexity index is 3320. The van der Waals surface area contributed by atoms with Crippen LogP contribution in [-0.2, 0) is 27.8 Å². The van der Waals surface area contributed by atoms with E-state index in [9.17, 15) is 29.4 Å². The molecule has 0 spiro atoms. The Morgan fingerprint density at radius 2 is 1.70 bits per heavy atom. The molecule has 4 atom stereocenters. The molecule has 3 amide bonds. The third kappa shape index (κ3) is 9.90. The number of pyridine rings is 1. The Morgan fingerprint density at radius 1 is 0.883 bits per heavy atom. The largest absolute Gasteiger partial charge is 0.508 e. The smallest absolute Gasteiger partial charge is 0.409 e. The molecule has 0 radical (unpaired) electrons. The molecule has 0 saturated carbocycles. The number of imide groups is 1. The molecule has 77 heavy (non-hydrogen) atoms. The van der Waals surface area contributed by atoms with Gasteiger partial charge in [0, 0.05) is 64.0 Å². The number of piperidine rings is 4. The highest BCUT2D eigenvalue weighted by molar-refractivity contribution is 6.02. The number of hydrogen-bond acceptors (Lipinski definition) is 14. The summed E-state index contributed by atoms with van der Waals surface area (Å²) in [5, 5.41) is 27.2. The summed E-state index contributed by atoms with van der Waals surface area (Å²) >= 11 is 0. The predicted molar refractivity (Wildman–Crippen MR) is 293 cm³/mol. The van der Waals surface area contributed by atoms with E-state index in [1.807, 2.05) is 42.3 Å². The number of nitrogens with zero attached hydrogens (tertiary/aromatic N) is 9. The first-order valence-corrected chi connectivity index (χ1v) is 28.2. The average Bonchev–Trinajstić information content (AvgIpc) is 4.19. The van der Waals surface area contributed by atoms with Gasteiger partial charge in [0.25, 0.3) is 0 Å². The van der Waals surface area contributed by atoms with E-state index >= 15 is 0 Å². The van der Waals surface area contributed by atoms with Gasteiger partial charge in [-0.2, -0.15) is 9.97 Å². The van der Waals surface area contributed by atoms with Crippen molar-refractivity contribution in [3.05, 3.63) is 82.4 Å². The van der Waals surface area contributed by atoms with Gasteiger partial charge in [0.1, 0.15) is 30.8 Å². The van der Waals surface area contributed by atoms with Crippen molar-refractivity contribution >= 4 is 56.4 Å². The Hall–Kier alpha value is -6.63. The summed E-state index contributed by atoms with van der Waals surface area (Å²) in [5.74, 6) is 1.02. The van der Waals surface area contributed by atoms with Gasteiger partial charge in [0.05, 0.1) is 38.8 Å². The van der Waals surface area contributed by atoms with Crippen molar-refractivity contribution in [2.24, 2.45) is 13.0 Å². The number of phenolic OH excluding ortho intramolecular Hbond substituents is 1. The van der Waals surface area contributed by atoms with Crippen molar-refractivity contribution in [2.45, 2.75) is 126 Å². The summed E-state index contributed by atoms with van der Waals surface area (Å²) < 4.78 is 16.0. The van der Waals surface area contributed by atoms with Crippen LogP contribution in [0.3, 0.4) is 0 Å². The molecule has 6 saturated heterocycles. The van der Waals surface area contributed by atoms with E-state index < -0.39 is 17.6 Å². The molecule has 9 heterocycles. The van der Waals surface area contributed by atoms with Gasteiger partial charge in [0.15, 0.2) is 0 Å². The fourth-order valence-corrected chi connectivity index (χ4v) is 14.1. The molecular formula is C59H72N10O8. The minimum atomic E-state index is -0.867. The Labute approximate surface area is 448 Å². The molecule has 3 aromatic heterocycles. The topological polar surface area (TPSA) is 201 Å². The number of aromatic hydroxyl groups is 1. The number of likely N-dealkylation sites (tertiary alicyclic amines) is 2. The minimum absolute atomic E-state index is 0.0978. The molecule has 6 aliphatic rings. The van der Waals surface area contributed by atoms with E-state index in [1.54, 1.807) is 28.3 Å². The average molecular weight is 1050 g/mol. The van der Waals surface area contributed by atoms with Crippen molar-refractivity contribution in [1.82, 2.24) is 44.1 Å². The van der Waals surface area contributed by atoms with Crippen LogP contribution >= 0.6 is 0 Å². The lowest BCUT2D eigenvalue weighted by molar-refractivity contribution is -0.135. The van der Waals surface area contributed by atoms with Crippen molar-refractivity contribution in [2.75, 3.05) is 70.5 Å². The fourth-order valence-electron chi connectivity index (χ4n) is 14.1. The van der Waals surface area contributed by atoms with Crippen LogP contribution in [0, 0.1) is 5.92 Å². The summed E-state index contributed by atoms with van der Waals surface area (Å²) in [6, 6.07) is 17.5. The van der Waals surface area contributed by atoms with E-state index in [1.165, 1.54) is 11.1 Å². The minimum Gasteiger partial charge on any atom is -0.508 e. The van der Waals surface area contributed by atoms with Gasteiger partial charge in [-0.25, -0.2) is 9.59 Å². The van der Waals surface area contributed by atoms with E-state index in [0.717, 1.165) is 124 Å². The molecule has 3 aromatic carbocycles. The second-order valence-electron chi connectivity index (χ2n) is 23.3. The number of imidazole rings is 1. The highest BCUT2D eigenvalue weighted by Gasteiger charge is 2.50. The maximum absolute atomic E-state index is 13.6. The van der Waals surface area contributed by atoms with Gasteiger partial charge >= 0.3 is 17.8 Å². The number of fused-ring (bicyclic) bond motifs is 4. The first kappa shape index (κ1) is 51.1. The number of anilines is 1. The van der Waals surface area contributed by atoms with Gasteiger partial charge in [-0.15, -0.1) is 0 Å². The van der Waals surface area contributed by atoms with Crippen LogP contribution in [0.2, 0.25) is 0 Å². The lowest BCUT2D eigenvalue weighted by Crippen LogP contribution is -2.49. The summed E-state index contributed by atoms with van der Waals surface area (Å²) in [4.78, 5) is 75.5. The van der Waals surface area contributed by atoms with E-state index in [4.69, 9.17) is 24.4 Å². The number of phenols is 1. The van der Waals surface area contributed by atoms with E-state index in [2.05, 4.69) is 45.1 Å². The second-order valence-corrected chi connectivity index (χ2v) is 23.3. The van der Waals surface area contributed by atoms with Crippen molar-refractivity contribution in [3.63, 3.8) is 0 Å². The highest BCUT2D eigenvalue weighted by atomic mass is 16.6. The van der Waals surface area contributed by atoms with Crippen molar-refractivity contribution in [3.8, 4) is 23.0 Å². The van der Waals surface area contributed by atoms with Gasteiger partial charge in [-0.3, -0.25) is 33.9 Å². The van der Waals surface area contributed by atoms with Crippen LogP contribution in [0.5, 0.6) is 11.8 Å². The molecular weight excluding hydrogens is 977 g/mol. The number of aryl methyl sites for hydroxylation is 2. The molecule has 6 fully saturated rings. The van der Waals surface area contributed by atoms with Gasteiger partial charge in [-0.05, 0) is 168 Å². The van der Waals surface area contributed by atoms with Crippen molar-refractivity contribution in [1.29, 1.82) is 0 Å². The Morgan fingerprint density at radius 3 is 2.49 bits per heavy atom. The molecule has 18 nitrogen and oxygen atoms in total. The van der Waals surface area contributed by atoms with Crippen LogP contribution in [-0.4, -0.2) is 150 Å². The molecule has 12 rings (SSSR count). The lowest BCUT2D eigenvalue weighted by Gasteiger charge is -2.38. The standard InChI is InChI=1S/C59H72N10O8/c1-4-38-8-5-9-41-28-43(70)30-44(52(38)41)46-31-47-45(32-60-46)53(67-22-6-19-58(2,75)35-67)63-55(61-47)77-36-59-20-7-23-68(59)42(14-21-59)34-76-57(74)66-26-15-37(16-27-66)33-65-24-17-39(18-25-65)40-10-11-48-50(29-40)64(3)56(73)69(48)49-12-13-51(71)62-54(49)72/h5,8-11,28-32,37,39,42,49,70,75H,4,6-7,12-27,33-36H2,1-3H3,(H,62,71,72)/t42-,49?,58+,59-/m0/s1. The number of hydrogen-bond donors (Lipinski definition) is 3. The lowest BCUT2D eigenvalue weighted by atomic mass is 9.88. The zero-order valence-corrected chi connectivity index (χ0v) is 44.7. The summed E-state index contributed by atoms with van der Waals surface area (Å²) in [6.07, 6.45) is 12.2. The number of nitrogens with one attached hydrogen (secondary N) is 1. The normalized spacial score (nSPS) is 25.0. The predicted octanol–water partition coefficient (Wildman–Crippen LogP) is 7.20. The molecule has 18 heteroatoms. The van der Waals surface area contributed by atoms with E-state index in [-0.39, 0.29) is 47.5 Å². The number of ether oxygens (including phenoxy) is 2. The zero-order valence-electron chi connectivity index (χ0n) is 44.7.